The number of nitrogens with zero attached hydrogens (tertiary/aromatic N) is 1. The van der Waals surface area contributed by atoms with Crippen molar-refractivity contribution < 1.29 is 5.11 Å². The van der Waals surface area contributed by atoms with E-state index in [-0.39, 0.29) is 6.10 Å². The Morgan fingerprint density at radius 1 is 1.33 bits per heavy atom. The molecule has 0 spiro atoms. The van der Waals surface area contributed by atoms with Crippen molar-refractivity contribution in [3.05, 3.63) is 0 Å². The van der Waals surface area contributed by atoms with Crippen LogP contribution in [0.2, 0.25) is 0 Å². The summed E-state index contributed by atoms with van der Waals surface area (Å²) in [5.74, 6) is 1.53. The third kappa shape index (κ3) is 4.96. The molecule has 0 aromatic carbocycles. The standard InChI is InChI=1S/C12H26N2O/c1-9(2)12(10-5-6-10)13-7-11(15)8-14(3)4/h9-13,15H,5-8H2,1-4H3. The molecule has 0 saturated heterocycles. The molecule has 0 aliphatic heterocycles. The van der Waals surface area contributed by atoms with Crippen LogP contribution < -0.4 is 5.32 Å². The predicted molar refractivity (Wildman–Crippen MR) is 63.9 cm³/mol. The molecular formula is C12H26N2O. The highest BCUT2D eigenvalue weighted by Crippen LogP contribution is 2.35. The molecule has 15 heavy (non-hydrogen) atoms. The van der Waals surface area contributed by atoms with Crippen molar-refractivity contribution >= 4 is 0 Å². The van der Waals surface area contributed by atoms with Crippen LogP contribution in [-0.4, -0.2) is 49.3 Å². The maximum Gasteiger partial charge on any atom is 0.0791 e. The Morgan fingerprint density at radius 3 is 2.33 bits per heavy atom. The number of likely N-dealkylation sites (N-methyl/N-ethyl adjacent to an activating group) is 1. The van der Waals surface area contributed by atoms with Crippen LogP contribution in [0.25, 0.3) is 0 Å². The Labute approximate surface area is 93.9 Å². The quantitative estimate of drug-likeness (QED) is 0.662. The molecule has 1 aliphatic carbocycles. The van der Waals surface area contributed by atoms with Crippen molar-refractivity contribution in [2.45, 2.75) is 38.8 Å². The first-order valence-corrected chi connectivity index (χ1v) is 6.07. The van der Waals surface area contributed by atoms with E-state index in [9.17, 15) is 5.11 Å². The zero-order valence-electron chi connectivity index (χ0n) is 10.5. The molecule has 3 heteroatoms. The highest BCUT2D eigenvalue weighted by atomic mass is 16.3. The van der Waals surface area contributed by atoms with Gasteiger partial charge in [0.2, 0.25) is 0 Å². The van der Waals surface area contributed by atoms with E-state index < -0.39 is 0 Å². The summed E-state index contributed by atoms with van der Waals surface area (Å²) in [6.45, 7) is 5.97. The summed E-state index contributed by atoms with van der Waals surface area (Å²) >= 11 is 0. The molecule has 1 saturated carbocycles. The molecule has 1 rings (SSSR count). The van der Waals surface area contributed by atoms with Gasteiger partial charge in [0.15, 0.2) is 0 Å². The minimum absolute atomic E-state index is 0.250. The average Bonchev–Trinajstić information content (AvgIpc) is 2.86. The van der Waals surface area contributed by atoms with Gasteiger partial charge >= 0.3 is 0 Å². The third-order valence-corrected chi connectivity index (χ3v) is 3.01. The van der Waals surface area contributed by atoms with Crippen LogP contribution in [-0.2, 0) is 0 Å². The lowest BCUT2D eigenvalue weighted by atomic mass is 9.99. The number of aliphatic hydroxyl groups excluding tert-OH is 1. The number of hydrogen-bond donors (Lipinski definition) is 2. The molecule has 0 radical (unpaired) electrons. The second-order valence-electron chi connectivity index (χ2n) is 5.43. The van der Waals surface area contributed by atoms with Crippen LogP contribution in [0.4, 0.5) is 0 Å². The molecule has 1 aliphatic rings. The molecule has 0 amide bonds. The highest BCUT2D eigenvalue weighted by molar-refractivity contribution is 4.88. The molecular weight excluding hydrogens is 188 g/mol. The monoisotopic (exact) mass is 214 g/mol. The summed E-state index contributed by atoms with van der Waals surface area (Å²) in [7, 11) is 3.98. The zero-order chi connectivity index (χ0) is 11.4. The smallest absolute Gasteiger partial charge is 0.0791 e. The largest absolute Gasteiger partial charge is 0.390 e. The van der Waals surface area contributed by atoms with E-state index in [0.29, 0.717) is 12.0 Å². The molecule has 0 aromatic rings. The van der Waals surface area contributed by atoms with Gasteiger partial charge in [0.25, 0.3) is 0 Å². The number of rotatable bonds is 7. The fourth-order valence-electron chi connectivity index (χ4n) is 2.16. The van der Waals surface area contributed by atoms with Gasteiger partial charge in [-0.3, -0.25) is 0 Å². The van der Waals surface area contributed by atoms with Crippen molar-refractivity contribution in [2.75, 3.05) is 27.2 Å². The molecule has 1 fully saturated rings. The molecule has 90 valence electrons. The van der Waals surface area contributed by atoms with Crippen LogP contribution in [0.3, 0.4) is 0 Å². The van der Waals surface area contributed by atoms with Gasteiger partial charge in [-0.2, -0.15) is 0 Å². The molecule has 3 nitrogen and oxygen atoms in total. The molecule has 0 aromatic heterocycles. The summed E-state index contributed by atoms with van der Waals surface area (Å²) in [4.78, 5) is 2.02. The van der Waals surface area contributed by atoms with Gasteiger partial charge in [-0.25, -0.2) is 0 Å². The van der Waals surface area contributed by atoms with Crippen molar-refractivity contribution in [3.63, 3.8) is 0 Å². The van der Waals surface area contributed by atoms with Crippen LogP contribution in [0.5, 0.6) is 0 Å². The summed E-state index contributed by atoms with van der Waals surface area (Å²) in [6, 6.07) is 0.599. The maximum absolute atomic E-state index is 9.75. The van der Waals surface area contributed by atoms with E-state index >= 15 is 0 Å². The first kappa shape index (κ1) is 12.9. The molecule has 2 unspecified atom stereocenters. The first-order valence-electron chi connectivity index (χ1n) is 6.07. The summed E-state index contributed by atoms with van der Waals surface area (Å²) in [6.07, 6.45) is 2.47. The first-order chi connectivity index (χ1) is 7.00. The second-order valence-corrected chi connectivity index (χ2v) is 5.43. The Balaban J connectivity index is 2.21. The third-order valence-electron chi connectivity index (χ3n) is 3.01. The topological polar surface area (TPSA) is 35.5 Å². The van der Waals surface area contributed by atoms with Crippen molar-refractivity contribution in [2.24, 2.45) is 11.8 Å². The van der Waals surface area contributed by atoms with E-state index in [1.165, 1.54) is 12.8 Å². The molecule has 0 heterocycles. The summed E-state index contributed by atoms with van der Waals surface area (Å²) < 4.78 is 0. The average molecular weight is 214 g/mol. The lowest BCUT2D eigenvalue weighted by Crippen LogP contribution is -2.43. The summed E-state index contributed by atoms with van der Waals surface area (Å²) in [5, 5.41) is 13.3. The van der Waals surface area contributed by atoms with Gasteiger partial charge in [-0.1, -0.05) is 13.8 Å². The highest BCUT2D eigenvalue weighted by Gasteiger charge is 2.32. The van der Waals surface area contributed by atoms with Gasteiger partial charge in [0, 0.05) is 19.1 Å². The van der Waals surface area contributed by atoms with Crippen LogP contribution in [0, 0.1) is 11.8 Å². The number of aliphatic hydroxyl groups is 1. The Bertz CT molecular complexity index is 176. The van der Waals surface area contributed by atoms with E-state index in [4.69, 9.17) is 0 Å². The lowest BCUT2D eigenvalue weighted by molar-refractivity contribution is 0.127. The molecule has 2 N–H and O–H groups in total. The van der Waals surface area contributed by atoms with E-state index in [2.05, 4.69) is 19.2 Å². The van der Waals surface area contributed by atoms with Crippen LogP contribution >= 0.6 is 0 Å². The van der Waals surface area contributed by atoms with Crippen molar-refractivity contribution in [3.8, 4) is 0 Å². The Kier molecular flexibility index (Phi) is 5.03. The van der Waals surface area contributed by atoms with Gasteiger partial charge < -0.3 is 15.3 Å². The van der Waals surface area contributed by atoms with Gasteiger partial charge in [-0.05, 0) is 38.8 Å². The number of nitrogens with one attached hydrogen (secondary N) is 1. The lowest BCUT2D eigenvalue weighted by Gasteiger charge is -2.24. The summed E-state index contributed by atoms with van der Waals surface area (Å²) in [5.41, 5.74) is 0. The predicted octanol–water partition coefficient (Wildman–Crippen LogP) is 0.933. The Hall–Kier alpha value is -0.120. The fraction of sp³-hybridized carbons (Fsp3) is 1.00. The fourth-order valence-corrected chi connectivity index (χ4v) is 2.16. The number of hydrogen-bond acceptors (Lipinski definition) is 3. The maximum atomic E-state index is 9.75. The normalized spacial score (nSPS) is 21.0. The SMILES string of the molecule is CC(C)C(NCC(O)CN(C)C)C1CC1. The van der Waals surface area contributed by atoms with E-state index in [1.807, 2.05) is 19.0 Å². The zero-order valence-corrected chi connectivity index (χ0v) is 10.5. The minimum atomic E-state index is -0.250. The van der Waals surface area contributed by atoms with E-state index in [0.717, 1.165) is 19.0 Å². The van der Waals surface area contributed by atoms with Gasteiger partial charge in [0.05, 0.1) is 6.10 Å². The molecule has 0 bridgehead atoms. The van der Waals surface area contributed by atoms with Gasteiger partial charge in [0.1, 0.15) is 0 Å². The van der Waals surface area contributed by atoms with Crippen molar-refractivity contribution in [1.29, 1.82) is 0 Å². The van der Waals surface area contributed by atoms with Crippen molar-refractivity contribution in [1.82, 2.24) is 10.2 Å². The molecule has 2 atom stereocenters. The second kappa shape index (κ2) is 5.83. The van der Waals surface area contributed by atoms with Crippen LogP contribution in [0.15, 0.2) is 0 Å². The van der Waals surface area contributed by atoms with E-state index in [1.54, 1.807) is 0 Å². The minimum Gasteiger partial charge on any atom is -0.390 e. The van der Waals surface area contributed by atoms with Gasteiger partial charge in [-0.15, -0.1) is 0 Å². The Morgan fingerprint density at radius 2 is 1.93 bits per heavy atom. The van der Waals surface area contributed by atoms with Crippen LogP contribution in [0.1, 0.15) is 26.7 Å².